The lowest BCUT2D eigenvalue weighted by Crippen LogP contribution is -2.70. The van der Waals surface area contributed by atoms with Gasteiger partial charge in [0.15, 0.2) is 12.3 Å². The van der Waals surface area contributed by atoms with Crippen LogP contribution in [0.2, 0.25) is 0 Å². The molecule has 1 saturated carbocycles. The number of fused-ring (bicyclic) bond motifs is 4. The number of hydrogen-bond donors (Lipinski definition) is 6. The molecule has 382 valence electrons. The number of aliphatic hydroxyl groups excluding tert-OH is 5. The van der Waals surface area contributed by atoms with Crippen molar-refractivity contribution in [2.75, 3.05) is 26.4 Å². The molecule has 0 unspecified atom stereocenters. The molecule has 0 spiro atoms. The molecule has 2 bridgehead atoms. The molecule has 1 aliphatic carbocycles. The fourth-order valence-corrected chi connectivity index (χ4v) is 10.9. The molecule has 9 rings (SSSR count). The lowest BCUT2D eigenvalue weighted by atomic mass is 9.62. The standard InChI is InChI=1S/C52H63N3O16/c1-50(2,3)68-38(58)22-21-34(28-56)53-46(62)35-20-11-23-54(35)49(64)51-26-36-42-43(70-52(69-42,32-16-6-4-7-17-32)33-18-8-5-9-19-33)45(51)71-55(44(51)47(63)66-36)27-31-14-10-13-30(25-31)15-12-24-65-48-41(61)40(60)39(59)37(29-57)67-48/h4-10,12-19,25,34-37,39-45,48,56-57,59-61H,11,20-24,26-29H2,1-3H3,(H,53,62)/t34-,35+,36+,37+,39-,40-,41+,42-,43-,44-,45+,48-,51-/m0/s1. The minimum absolute atomic E-state index is 0.00477. The Kier molecular flexibility index (Phi) is 14.8. The van der Waals surface area contributed by atoms with Crippen LogP contribution < -0.4 is 5.32 Å². The number of nitrogens with zero attached hydrogens (tertiary/aromatic N) is 2. The zero-order valence-corrected chi connectivity index (χ0v) is 39.9. The number of esters is 2. The van der Waals surface area contributed by atoms with Crippen LogP contribution in [0, 0.1) is 5.41 Å². The number of ether oxygens (including phenoxy) is 6. The highest BCUT2D eigenvalue weighted by Crippen LogP contribution is 2.60. The van der Waals surface area contributed by atoms with Crippen LogP contribution in [0.3, 0.4) is 0 Å². The van der Waals surface area contributed by atoms with Gasteiger partial charge in [-0.2, -0.15) is 5.06 Å². The van der Waals surface area contributed by atoms with E-state index in [-0.39, 0.29) is 39.0 Å². The highest BCUT2D eigenvalue weighted by atomic mass is 16.8. The Morgan fingerprint density at radius 2 is 1.62 bits per heavy atom. The maximum Gasteiger partial charge on any atom is 0.327 e. The number of aliphatic hydroxyl groups is 5. The Morgan fingerprint density at radius 3 is 2.30 bits per heavy atom. The lowest BCUT2D eigenvalue weighted by molar-refractivity contribution is -0.298. The summed E-state index contributed by atoms with van der Waals surface area (Å²) in [5.41, 5.74) is 0.444. The van der Waals surface area contributed by atoms with Crippen LogP contribution in [0.15, 0.2) is 91.0 Å². The summed E-state index contributed by atoms with van der Waals surface area (Å²) < 4.78 is 37.0. The predicted octanol–water partition coefficient (Wildman–Crippen LogP) is 1.59. The van der Waals surface area contributed by atoms with Crippen LogP contribution in [-0.4, -0.2) is 164 Å². The second-order valence-corrected chi connectivity index (χ2v) is 20.1. The molecule has 19 nitrogen and oxygen atoms in total. The molecule has 0 radical (unpaired) electrons. The van der Waals surface area contributed by atoms with E-state index >= 15 is 4.79 Å². The van der Waals surface area contributed by atoms with Crippen molar-refractivity contribution in [1.29, 1.82) is 0 Å². The second-order valence-electron chi connectivity index (χ2n) is 20.1. The Labute approximate surface area is 411 Å². The van der Waals surface area contributed by atoms with Gasteiger partial charge < -0.3 is 64.2 Å². The molecule has 71 heavy (non-hydrogen) atoms. The van der Waals surface area contributed by atoms with Gasteiger partial charge in [0.1, 0.15) is 65.9 Å². The number of carbonyl (C=O) groups is 4. The quantitative estimate of drug-likeness (QED) is 0.112. The Bertz CT molecular complexity index is 2380. The van der Waals surface area contributed by atoms with Gasteiger partial charge in [0.25, 0.3) is 0 Å². The van der Waals surface area contributed by atoms with Crippen LogP contribution in [0.4, 0.5) is 0 Å². The molecular formula is C52H63N3O16. The van der Waals surface area contributed by atoms with Crippen molar-refractivity contribution in [3.63, 3.8) is 0 Å². The molecule has 2 amide bonds. The SMILES string of the molecule is CC(C)(C)OC(=O)CC[C@@H](CO)NC(=O)[C@H]1CCCN1C(=O)[C@@]12C[C@H]3OC(=O)[C@@H]1N(Cc1cccc(C=CCO[C@H]4O[C@H](CO)[C@H](O)[C@H](O)[C@H]4O)c1)O[C@@H]2[C@H]1OC(c2ccccc2)(c2ccccc2)O[C@H]13. The number of rotatable bonds is 16. The van der Waals surface area contributed by atoms with Crippen molar-refractivity contribution in [3.05, 3.63) is 113 Å². The molecule has 6 fully saturated rings. The average Bonchev–Trinajstić information content (AvgIpc) is 4.11. The summed E-state index contributed by atoms with van der Waals surface area (Å²) in [4.78, 5) is 65.7. The molecule has 6 aliphatic rings. The summed E-state index contributed by atoms with van der Waals surface area (Å²) in [6.07, 6.45) is -6.67. The van der Waals surface area contributed by atoms with E-state index in [1.807, 2.05) is 84.9 Å². The first-order valence-corrected chi connectivity index (χ1v) is 24.3. The smallest absolute Gasteiger partial charge is 0.327 e. The molecule has 6 N–H and O–H groups in total. The maximum atomic E-state index is 15.8. The number of benzene rings is 3. The third kappa shape index (κ3) is 9.90. The van der Waals surface area contributed by atoms with Gasteiger partial charge in [0, 0.05) is 30.5 Å². The van der Waals surface area contributed by atoms with Crippen LogP contribution in [0.5, 0.6) is 0 Å². The van der Waals surface area contributed by atoms with E-state index in [4.69, 9.17) is 33.3 Å². The Morgan fingerprint density at radius 1 is 0.915 bits per heavy atom. The van der Waals surface area contributed by atoms with Crippen molar-refractivity contribution in [1.82, 2.24) is 15.3 Å². The van der Waals surface area contributed by atoms with Gasteiger partial charge in [-0.1, -0.05) is 97.1 Å². The minimum Gasteiger partial charge on any atom is -0.460 e. The first-order valence-electron chi connectivity index (χ1n) is 24.3. The molecule has 5 heterocycles. The summed E-state index contributed by atoms with van der Waals surface area (Å²) in [6.45, 7) is 4.38. The summed E-state index contributed by atoms with van der Waals surface area (Å²) in [6, 6.07) is 23.1. The number of hydroxylamine groups is 2. The topological polar surface area (TPSA) is 253 Å². The molecule has 0 aromatic heterocycles. The van der Waals surface area contributed by atoms with E-state index in [1.165, 1.54) is 9.96 Å². The zero-order chi connectivity index (χ0) is 50.2. The summed E-state index contributed by atoms with van der Waals surface area (Å²) in [7, 11) is 0. The van der Waals surface area contributed by atoms with Crippen molar-refractivity contribution in [2.24, 2.45) is 5.41 Å². The molecule has 19 heteroatoms. The fraction of sp³-hybridized carbons (Fsp3) is 0.538. The minimum atomic E-state index is -1.62. The highest BCUT2D eigenvalue weighted by Gasteiger charge is 2.77. The van der Waals surface area contributed by atoms with Gasteiger partial charge in [-0.05, 0) is 51.2 Å². The van der Waals surface area contributed by atoms with Crippen molar-refractivity contribution < 1.29 is 78.0 Å². The van der Waals surface area contributed by atoms with Crippen LogP contribution in [-0.2, 0) is 64.8 Å². The van der Waals surface area contributed by atoms with Crippen LogP contribution >= 0.6 is 0 Å². The summed E-state index contributed by atoms with van der Waals surface area (Å²) >= 11 is 0. The van der Waals surface area contributed by atoms with Gasteiger partial charge in [-0.15, -0.1) is 0 Å². The van der Waals surface area contributed by atoms with Crippen LogP contribution in [0.25, 0.3) is 6.08 Å². The van der Waals surface area contributed by atoms with Gasteiger partial charge in [-0.3, -0.25) is 24.0 Å². The van der Waals surface area contributed by atoms with E-state index in [0.29, 0.717) is 29.5 Å². The van der Waals surface area contributed by atoms with Gasteiger partial charge >= 0.3 is 11.9 Å². The normalized spacial score (nSPS) is 32.6. The molecule has 5 saturated heterocycles. The number of likely N-dealkylation sites (tertiary alicyclic amines) is 1. The third-order valence-corrected chi connectivity index (χ3v) is 14.2. The Hall–Kier alpha value is -5.16. The first-order chi connectivity index (χ1) is 34.1. The number of carbonyl (C=O) groups excluding carboxylic acids is 4. The van der Waals surface area contributed by atoms with Crippen LogP contribution in [0.1, 0.15) is 75.1 Å². The zero-order valence-electron chi connectivity index (χ0n) is 39.9. The van der Waals surface area contributed by atoms with E-state index in [2.05, 4.69) is 5.32 Å². The van der Waals surface area contributed by atoms with E-state index in [1.54, 1.807) is 32.9 Å². The lowest BCUT2D eigenvalue weighted by Gasteiger charge is -2.50. The van der Waals surface area contributed by atoms with Gasteiger partial charge in [0.05, 0.1) is 32.4 Å². The molecular weight excluding hydrogens is 923 g/mol. The monoisotopic (exact) mass is 985 g/mol. The van der Waals surface area contributed by atoms with Gasteiger partial charge in [-0.25, -0.2) is 0 Å². The van der Waals surface area contributed by atoms with Gasteiger partial charge in [0.2, 0.25) is 17.6 Å². The largest absolute Gasteiger partial charge is 0.460 e. The molecule has 3 aromatic carbocycles. The van der Waals surface area contributed by atoms with Crippen molar-refractivity contribution in [2.45, 2.75) is 144 Å². The van der Waals surface area contributed by atoms with E-state index < -0.39 is 127 Å². The fourth-order valence-electron chi connectivity index (χ4n) is 10.9. The summed E-state index contributed by atoms with van der Waals surface area (Å²) in [5, 5.41) is 54.8. The van der Waals surface area contributed by atoms with Crippen molar-refractivity contribution in [3.8, 4) is 0 Å². The van der Waals surface area contributed by atoms with E-state index in [9.17, 15) is 39.9 Å². The molecule has 3 aromatic rings. The average molecular weight is 986 g/mol. The number of hydrogen-bond acceptors (Lipinski definition) is 17. The first kappa shape index (κ1) is 50.8. The maximum absolute atomic E-state index is 15.8. The summed E-state index contributed by atoms with van der Waals surface area (Å²) in [5.74, 6) is -3.62. The molecule has 5 aliphatic heterocycles. The van der Waals surface area contributed by atoms with Crippen molar-refractivity contribution >= 4 is 29.8 Å². The highest BCUT2D eigenvalue weighted by molar-refractivity contribution is 5.96. The third-order valence-electron chi connectivity index (χ3n) is 14.2. The Balaban J connectivity index is 1.00. The number of amides is 2. The van der Waals surface area contributed by atoms with E-state index in [0.717, 1.165) is 5.56 Å². The molecule has 13 atom stereocenters. The predicted molar refractivity (Wildman–Crippen MR) is 249 cm³/mol. The number of nitrogens with one attached hydrogen (secondary N) is 1. The second kappa shape index (κ2) is 20.8.